The standard InChI is InChI=1S/C7H9N3/c8-5-2-1-3-6-7(5)10-4-9-6/h1-3,9-10H,4,8H2. The molecule has 0 aromatic heterocycles. The number of nitrogens with one attached hydrogen (secondary N) is 2. The molecule has 52 valence electrons. The Morgan fingerprint density at radius 3 is 3.00 bits per heavy atom. The molecular weight excluding hydrogens is 126 g/mol. The SMILES string of the molecule is Nc1cccc2c1NCN2. The predicted molar refractivity (Wildman–Crippen MR) is 43.0 cm³/mol. The van der Waals surface area contributed by atoms with E-state index in [0.717, 1.165) is 23.7 Å². The fraction of sp³-hybridized carbons (Fsp3) is 0.143. The van der Waals surface area contributed by atoms with E-state index in [2.05, 4.69) is 10.6 Å². The second kappa shape index (κ2) is 1.80. The first-order chi connectivity index (χ1) is 4.88. The summed E-state index contributed by atoms with van der Waals surface area (Å²) in [7, 11) is 0. The zero-order valence-electron chi connectivity index (χ0n) is 5.52. The Morgan fingerprint density at radius 1 is 1.30 bits per heavy atom. The number of nitrogens with two attached hydrogens (primary N) is 1. The average Bonchev–Trinajstić information content (AvgIpc) is 2.36. The van der Waals surface area contributed by atoms with E-state index in [-0.39, 0.29) is 0 Å². The number of fused-ring (bicyclic) bond motifs is 1. The van der Waals surface area contributed by atoms with Gasteiger partial charge in [0.1, 0.15) is 0 Å². The molecule has 3 heteroatoms. The van der Waals surface area contributed by atoms with E-state index in [9.17, 15) is 0 Å². The van der Waals surface area contributed by atoms with Crippen molar-refractivity contribution in [2.24, 2.45) is 0 Å². The highest BCUT2D eigenvalue weighted by Crippen LogP contribution is 2.30. The smallest absolute Gasteiger partial charge is 0.0851 e. The average molecular weight is 135 g/mol. The van der Waals surface area contributed by atoms with Crippen molar-refractivity contribution in [2.45, 2.75) is 0 Å². The highest BCUT2D eigenvalue weighted by atomic mass is 15.1. The zero-order chi connectivity index (χ0) is 6.97. The Balaban J connectivity index is 2.59. The molecule has 3 nitrogen and oxygen atoms in total. The van der Waals surface area contributed by atoms with Gasteiger partial charge < -0.3 is 16.4 Å². The normalized spacial score (nSPS) is 13.6. The molecule has 1 aromatic carbocycles. The van der Waals surface area contributed by atoms with E-state index >= 15 is 0 Å². The summed E-state index contributed by atoms with van der Waals surface area (Å²) in [6.07, 6.45) is 0. The minimum Gasteiger partial charge on any atom is -0.397 e. The molecule has 0 amide bonds. The van der Waals surface area contributed by atoms with Crippen LogP contribution in [-0.4, -0.2) is 6.67 Å². The lowest BCUT2D eigenvalue weighted by Gasteiger charge is -2.00. The maximum absolute atomic E-state index is 5.67. The lowest BCUT2D eigenvalue weighted by Crippen LogP contribution is -1.99. The van der Waals surface area contributed by atoms with Gasteiger partial charge in [-0.1, -0.05) is 6.07 Å². The topological polar surface area (TPSA) is 50.1 Å². The van der Waals surface area contributed by atoms with Gasteiger partial charge in [-0.15, -0.1) is 0 Å². The van der Waals surface area contributed by atoms with Crippen LogP contribution in [-0.2, 0) is 0 Å². The highest BCUT2D eigenvalue weighted by molar-refractivity contribution is 5.83. The molecule has 0 saturated heterocycles. The number of anilines is 3. The molecule has 4 N–H and O–H groups in total. The number of rotatable bonds is 0. The molecule has 0 saturated carbocycles. The molecule has 1 aliphatic rings. The van der Waals surface area contributed by atoms with Gasteiger partial charge in [-0.05, 0) is 12.1 Å². The highest BCUT2D eigenvalue weighted by Gasteiger charge is 2.09. The van der Waals surface area contributed by atoms with Crippen molar-refractivity contribution in [3.63, 3.8) is 0 Å². The zero-order valence-corrected chi connectivity index (χ0v) is 5.52. The summed E-state index contributed by atoms with van der Waals surface area (Å²) in [5, 5.41) is 6.28. The van der Waals surface area contributed by atoms with Crippen molar-refractivity contribution in [2.75, 3.05) is 23.0 Å². The molecule has 0 spiro atoms. The first-order valence-corrected chi connectivity index (χ1v) is 3.24. The summed E-state index contributed by atoms with van der Waals surface area (Å²) in [6.45, 7) is 0.781. The molecule has 0 aliphatic carbocycles. The molecule has 0 radical (unpaired) electrons. The fourth-order valence-corrected chi connectivity index (χ4v) is 1.14. The lowest BCUT2D eigenvalue weighted by molar-refractivity contribution is 1.31. The van der Waals surface area contributed by atoms with Crippen molar-refractivity contribution in [1.82, 2.24) is 0 Å². The molecule has 0 bridgehead atoms. The van der Waals surface area contributed by atoms with Crippen molar-refractivity contribution in [1.29, 1.82) is 0 Å². The molecule has 1 aromatic rings. The number of hydrogen-bond acceptors (Lipinski definition) is 3. The quantitative estimate of drug-likeness (QED) is 0.466. The van der Waals surface area contributed by atoms with Crippen molar-refractivity contribution in [3.05, 3.63) is 18.2 Å². The molecule has 2 rings (SSSR count). The van der Waals surface area contributed by atoms with E-state index in [1.54, 1.807) is 0 Å². The maximum atomic E-state index is 5.67. The van der Waals surface area contributed by atoms with Crippen LogP contribution < -0.4 is 16.4 Å². The van der Waals surface area contributed by atoms with E-state index < -0.39 is 0 Å². The van der Waals surface area contributed by atoms with E-state index in [0.29, 0.717) is 0 Å². The predicted octanol–water partition coefficient (Wildman–Crippen LogP) is 1.06. The molecular formula is C7H9N3. The van der Waals surface area contributed by atoms with Gasteiger partial charge in [0.05, 0.1) is 23.7 Å². The number of benzene rings is 1. The lowest BCUT2D eigenvalue weighted by atomic mass is 10.2. The summed E-state index contributed by atoms with van der Waals surface area (Å²) in [5.74, 6) is 0. The van der Waals surface area contributed by atoms with E-state index in [1.807, 2.05) is 18.2 Å². The number of nitrogen functional groups attached to an aromatic ring is 1. The molecule has 0 fully saturated rings. The second-order valence-corrected chi connectivity index (χ2v) is 2.30. The van der Waals surface area contributed by atoms with Crippen molar-refractivity contribution >= 4 is 17.1 Å². The van der Waals surface area contributed by atoms with Crippen LogP contribution in [0.2, 0.25) is 0 Å². The van der Waals surface area contributed by atoms with Gasteiger partial charge in [0.2, 0.25) is 0 Å². The maximum Gasteiger partial charge on any atom is 0.0851 e. The fourth-order valence-electron chi connectivity index (χ4n) is 1.14. The third-order valence-corrected chi connectivity index (χ3v) is 1.64. The van der Waals surface area contributed by atoms with Crippen LogP contribution in [0.25, 0.3) is 0 Å². The van der Waals surface area contributed by atoms with Crippen LogP contribution >= 0.6 is 0 Å². The minimum absolute atomic E-state index is 0.781. The number of hydrogen-bond donors (Lipinski definition) is 3. The van der Waals surface area contributed by atoms with Crippen LogP contribution in [0.15, 0.2) is 18.2 Å². The van der Waals surface area contributed by atoms with Crippen LogP contribution in [0.1, 0.15) is 0 Å². The Hall–Kier alpha value is -1.38. The first-order valence-electron chi connectivity index (χ1n) is 3.24. The molecule has 1 aliphatic heterocycles. The summed E-state index contributed by atoms with van der Waals surface area (Å²) in [6, 6.07) is 5.83. The van der Waals surface area contributed by atoms with Crippen molar-refractivity contribution in [3.8, 4) is 0 Å². The van der Waals surface area contributed by atoms with Gasteiger partial charge in [0, 0.05) is 0 Å². The summed E-state index contributed by atoms with van der Waals surface area (Å²) < 4.78 is 0. The molecule has 0 unspecified atom stereocenters. The monoisotopic (exact) mass is 135 g/mol. The largest absolute Gasteiger partial charge is 0.397 e. The van der Waals surface area contributed by atoms with E-state index in [1.165, 1.54) is 0 Å². The third kappa shape index (κ3) is 0.603. The second-order valence-electron chi connectivity index (χ2n) is 2.30. The third-order valence-electron chi connectivity index (χ3n) is 1.64. The Morgan fingerprint density at radius 2 is 2.20 bits per heavy atom. The van der Waals surface area contributed by atoms with Crippen LogP contribution in [0, 0.1) is 0 Å². The van der Waals surface area contributed by atoms with Crippen molar-refractivity contribution < 1.29 is 0 Å². The van der Waals surface area contributed by atoms with Gasteiger partial charge in [-0.25, -0.2) is 0 Å². The Labute approximate surface area is 59.2 Å². The Bertz CT molecular complexity index is 257. The molecule has 10 heavy (non-hydrogen) atoms. The minimum atomic E-state index is 0.781. The molecule has 0 atom stereocenters. The van der Waals surface area contributed by atoms with E-state index in [4.69, 9.17) is 5.73 Å². The van der Waals surface area contributed by atoms with Gasteiger partial charge in [-0.2, -0.15) is 0 Å². The molecule has 1 heterocycles. The van der Waals surface area contributed by atoms with Gasteiger partial charge in [0.25, 0.3) is 0 Å². The van der Waals surface area contributed by atoms with Crippen LogP contribution in [0.4, 0.5) is 17.1 Å². The van der Waals surface area contributed by atoms with Crippen LogP contribution in [0.5, 0.6) is 0 Å². The van der Waals surface area contributed by atoms with Crippen LogP contribution in [0.3, 0.4) is 0 Å². The number of para-hydroxylation sites is 1. The summed E-state index contributed by atoms with van der Waals surface area (Å²) >= 11 is 0. The van der Waals surface area contributed by atoms with Gasteiger partial charge in [0.15, 0.2) is 0 Å². The van der Waals surface area contributed by atoms with Gasteiger partial charge >= 0.3 is 0 Å². The summed E-state index contributed by atoms with van der Waals surface area (Å²) in [4.78, 5) is 0. The summed E-state index contributed by atoms with van der Waals surface area (Å²) in [5.41, 5.74) is 8.60. The van der Waals surface area contributed by atoms with Gasteiger partial charge in [-0.3, -0.25) is 0 Å². The first kappa shape index (κ1) is 5.41. The Kier molecular flexibility index (Phi) is 0.974.